The maximum Gasteiger partial charge on any atom is 0.410 e. The third-order valence-electron chi connectivity index (χ3n) is 3.91. The first kappa shape index (κ1) is 15.1. The number of ether oxygens (including phenoxy) is 1. The van der Waals surface area contributed by atoms with Gasteiger partial charge in [0, 0.05) is 19.1 Å². The second-order valence-electron chi connectivity index (χ2n) is 6.90. The molecule has 0 aromatic rings. The lowest BCUT2D eigenvalue weighted by Gasteiger charge is -2.24. The van der Waals surface area contributed by atoms with E-state index in [0.717, 1.165) is 19.3 Å². The fraction of sp³-hybridized carbons (Fsp3) is 0.867. The van der Waals surface area contributed by atoms with Crippen LogP contribution in [0.2, 0.25) is 0 Å². The zero-order chi connectivity index (χ0) is 14.8. The van der Waals surface area contributed by atoms with E-state index < -0.39 is 5.60 Å². The summed E-state index contributed by atoms with van der Waals surface area (Å²) >= 11 is 0. The van der Waals surface area contributed by atoms with Crippen LogP contribution in [0.5, 0.6) is 0 Å². The fourth-order valence-electron chi connectivity index (χ4n) is 2.86. The molecule has 1 atom stereocenters. The first-order chi connectivity index (χ1) is 9.35. The summed E-state index contributed by atoms with van der Waals surface area (Å²) < 4.78 is 5.34. The SMILES string of the molecule is CC(C)(C)OC(=O)N1CCC(C(=O)NC2CCCC2)C1. The molecule has 0 bridgehead atoms. The minimum Gasteiger partial charge on any atom is -0.444 e. The van der Waals surface area contributed by atoms with Gasteiger partial charge in [0.2, 0.25) is 5.91 Å². The van der Waals surface area contributed by atoms with Crippen LogP contribution in [0.4, 0.5) is 4.79 Å². The summed E-state index contributed by atoms with van der Waals surface area (Å²) in [4.78, 5) is 25.8. The molecule has 0 spiro atoms. The smallest absolute Gasteiger partial charge is 0.410 e. The van der Waals surface area contributed by atoms with E-state index in [1.54, 1.807) is 4.90 Å². The molecule has 20 heavy (non-hydrogen) atoms. The van der Waals surface area contributed by atoms with Crippen LogP contribution in [0.3, 0.4) is 0 Å². The van der Waals surface area contributed by atoms with Gasteiger partial charge in [-0.05, 0) is 40.0 Å². The second kappa shape index (κ2) is 6.02. The number of carbonyl (C=O) groups is 2. The van der Waals surface area contributed by atoms with Crippen molar-refractivity contribution in [1.29, 1.82) is 0 Å². The van der Waals surface area contributed by atoms with E-state index in [4.69, 9.17) is 4.74 Å². The van der Waals surface area contributed by atoms with Gasteiger partial charge >= 0.3 is 6.09 Å². The Kier molecular flexibility index (Phi) is 4.55. The summed E-state index contributed by atoms with van der Waals surface area (Å²) in [6, 6.07) is 0.345. The molecular weight excluding hydrogens is 256 g/mol. The van der Waals surface area contributed by atoms with E-state index in [-0.39, 0.29) is 17.9 Å². The predicted molar refractivity (Wildman–Crippen MR) is 76.3 cm³/mol. The highest BCUT2D eigenvalue weighted by molar-refractivity contribution is 5.80. The Balaban J connectivity index is 1.79. The normalized spacial score (nSPS) is 23.9. The van der Waals surface area contributed by atoms with E-state index in [2.05, 4.69) is 5.32 Å². The monoisotopic (exact) mass is 282 g/mol. The number of hydrogen-bond acceptors (Lipinski definition) is 3. The minimum atomic E-state index is -0.485. The molecule has 2 rings (SSSR count). The van der Waals surface area contributed by atoms with Gasteiger partial charge in [0.05, 0.1) is 5.92 Å². The molecule has 1 unspecified atom stereocenters. The lowest BCUT2D eigenvalue weighted by Crippen LogP contribution is -2.40. The van der Waals surface area contributed by atoms with E-state index in [1.807, 2.05) is 20.8 Å². The Hall–Kier alpha value is -1.26. The van der Waals surface area contributed by atoms with Crippen molar-refractivity contribution in [2.75, 3.05) is 13.1 Å². The molecule has 2 fully saturated rings. The van der Waals surface area contributed by atoms with Crippen LogP contribution in [0, 0.1) is 5.92 Å². The van der Waals surface area contributed by atoms with E-state index in [1.165, 1.54) is 12.8 Å². The second-order valence-corrected chi connectivity index (χ2v) is 6.90. The molecule has 2 amide bonds. The molecule has 1 saturated carbocycles. The quantitative estimate of drug-likeness (QED) is 0.845. The number of nitrogens with zero attached hydrogens (tertiary/aromatic N) is 1. The minimum absolute atomic E-state index is 0.0804. The Morgan fingerprint density at radius 2 is 1.80 bits per heavy atom. The van der Waals surface area contributed by atoms with Crippen LogP contribution < -0.4 is 5.32 Å². The fourth-order valence-corrected chi connectivity index (χ4v) is 2.86. The van der Waals surface area contributed by atoms with Crippen molar-refractivity contribution in [2.45, 2.75) is 64.5 Å². The van der Waals surface area contributed by atoms with Crippen molar-refractivity contribution < 1.29 is 14.3 Å². The van der Waals surface area contributed by atoms with E-state index in [9.17, 15) is 9.59 Å². The summed E-state index contributed by atoms with van der Waals surface area (Å²) in [5.74, 6) is 0.0195. The van der Waals surface area contributed by atoms with Gasteiger partial charge in [-0.1, -0.05) is 12.8 Å². The Morgan fingerprint density at radius 3 is 2.40 bits per heavy atom. The third-order valence-corrected chi connectivity index (χ3v) is 3.91. The van der Waals surface area contributed by atoms with Gasteiger partial charge in [-0.3, -0.25) is 4.79 Å². The van der Waals surface area contributed by atoms with Crippen LogP contribution in [0.25, 0.3) is 0 Å². The molecule has 114 valence electrons. The lowest BCUT2D eigenvalue weighted by molar-refractivity contribution is -0.125. The molecule has 2 aliphatic rings. The number of hydrogen-bond donors (Lipinski definition) is 1. The molecule has 0 radical (unpaired) electrons. The van der Waals surface area contributed by atoms with Gasteiger partial charge in [-0.25, -0.2) is 4.79 Å². The van der Waals surface area contributed by atoms with Gasteiger partial charge in [-0.2, -0.15) is 0 Å². The number of nitrogens with one attached hydrogen (secondary N) is 1. The molecule has 0 aromatic heterocycles. The van der Waals surface area contributed by atoms with Crippen LogP contribution in [0.1, 0.15) is 52.9 Å². The van der Waals surface area contributed by atoms with E-state index >= 15 is 0 Å². The lowest BCUT2D eigenvalue weighted by atomic mass is 10.1. The molecule has 0 aromatic carbocycles. The van der Waals surface area contributed by atoms with Crippen molar-refractivity contribution >= 4 is 12.0 Å². The molecule has 5 heteroatoms. The topological polar surface area (TPSA) is 58.6 Å². The summed E-state index contributed by atoms with van der Waals surface area (Å²) in [6.07, 6.45) is 5.02. The standard InChI is InChI=1S/C15H26N2O3/c1-15(2,3)20-14(19)17-9-8-11(10-17)13(18)16-12-6-4-5-7-12/h11-12H,4-10H2,1-3H3,(H,16,18). The molecule has 1 aliphatic heterocycles. The van der Waals surface area contributed by atoms with Crippen LogP contribution in [-0.2, 0) is 9.53 Å². The van der Waals surface area contributed by atoms with Crippen molar-refractivity contribution in [3.05, 3.63) is 0 Å². The maximum absolute atomic E-state index is 12.2. The number of rotatable bonds is 2. The summed E-state index contributed by atoms with van der Waals surface area (Å²) in [5, 5.41) is 3.11. The number of carbonyl (C=O) groups excluding carboxylic acids is 2. The highest BCUT2D eigenvalue weighted by atomic mass is 16.6. The molecule has 1 saturated heterocycles. The van der Waals surface area contributed by atoms with Gasteiger partial charge in [-0.15, -0.1) is 0 Å². The first-order valence-electron chi connectivity index (χ1n) is 7.63. The highest BCUT2D eigenvalue weighted by Gasteiger charge is 2.34. The van der Waals surface area contributed by atoms with Gasteiger partial charge < -0.3 is 15.0 Å². The zero-order valence-electron chi connectivity index (χ0n) is 12.8. The predicted octanol–water partition coefficient (Wildman–Crippen LogP) is 2.30. The summed E-state index contributed by atoms with van der Waals surface area (Å²) in [7, 11) is 0. The zero-order valence-corrected chi connectivity index (χ0v) is 12.8. The third kappa shape index (κ3) is 4.12. The molecule has 5 nitrogen and oxygen atoms in total. The van der Waals surface area contributed by atoms with Gasteiger partial charge in [0.15, 0.2) is 0 Å². The van der Waals surface area contributed by atoms with E-state index in [0.29, 0.717) is 19.1 Å². The molecule has 1 N–H and O–H groups in total. The molecular formula is C15H26N2O3. The van der Waals surface area contributed by atoms with Crippen LogP contribution in [0.15, 0.2) is 0 Å². The number of likely N-dealkylation sites (tertiary alicyclic amines) is 1. The van der Waals surface area contributed by atoms with Crippen molar-refractivity contribution in [1.82, 2.24) is 10.2 Å². The maximum atomic E-state index is 12.2. The highest BCUT2D eigenvalue weighted by Crippen LogP contribution is 2.22. The number of amides is 2. The van der Waals surface area contributed by atoms with Crippen molar-refractivity contribution in [3.63, 3.8) is 0 Å². The van der Waals surface area contributed by atoms with Crippen molar-refractivity contribution in [2.24, 2.45) is 5.92 Å². The summed E-state index contributed by atoms with van der Waals surface area (Å²) in [5.41, 5.74) is -0.485. The Bertz CT molecular complexity index is 370. The molecule has 1 heterocycles. The Labute approximate surface area is 121 Å². The van der Waals surface area contributed by atoms with Crippen LogP contribution in [-0.4, -0.2) is 41.6 Å². The average Bonchev–Trinajstić information content (AvgIpc) is 2.96. The molecule has 1 aliphatic carbocycles. The van der Waals surface area contributed by atoms with Crippen LogP contribution >= 0.6 is 0 Å². The van der Waals surface area contributed by atoms with Gasteiger partial charge in [0.25, 0.3) is 0 Å². The summed E-state index contributed by atoms with van der Waals surface area (Å²) in [6.45, 7) is 6.65. The van der Waals surface area contributed by atoms with Crippen molar-refractivity contribution in [3.8, 4) is 0 Å². The largest absolute Gasteiger partial charge is 0.444 e. The average molecular weight is 282 g/mol. The van der Waals surface area contributed by atoms with Gasteiger partial charge in [0.1, 0.15) is 5.60 Å². The Morgan fingerprint density at radius 1 is 1.15 bits per heavy atom. The first-order valence-corrected chi connectivity index (χ1v) is 7.63.